The summed E-state index contributed by atoms with van der Waals surface area (Å²) in [5, 5.41) is 5.70. The number of anilines is 2. The van der Waals surface area contributed by atoms with E-state index in [1.807, 2.05) is 79.7 Å². The van der Waals surface area contributed by atoms with Gasteiger partial charge in [-0.3, -0.25) is 9.59 Å². The predicted molar refractivity (Wildman–Crippen MR) is 136 cm³/mol. The molecule has 34 heavy (non-hydrogen) atoms. The lowest BCUT2D eigenvalue weighted by atomic mass is 10.1. The van der Waals surface area contributed by atoms with Crippen molar-refractivity contribution in [2.75, 3.05) is 10.6 Å². The van der Waals surface area contributed by atoms with Crippen LogP contribution in [0.3, 0.4) is 0 Å². The Labute approximate surface area is 199 Å². The summed E-state index contributed by atoms with van der Waals surface area (Å²) >= 11 is 0. The number of hydrogen-bond acceptors (Lipinski definition) is 3. The van der Waals surface area contributed by atoms with Crippen molar-refractivity contribution in [2.45, 2.75) is 20.0 Å². The Morgan fingerprint density at radius 3 is 1.97 bits per heavy atom. The molecule has 2 amide bonds. The smallest absolute Gasteiger partial charge is 0.265 e. The highest BCUT2D eigenvalue weighted by molar-refractivity contribution is 6.04. The lowest BCUT2D eigenvalue weighted by Gasteiger charge is -2.15. The van der Waals surface area contributed by atoms with Crippen molar-refractivity contribution in [2.24, 2.45) is 0 Å². The first-order chi connectivity index (χ1) is 16.5. The van der Waals surface area contributed by atoms with Gasteiger partial charge in [-0.15, -0.1) is 0 Å². The number of rotatable bonds is 7. The van der Waals surface area contributed by atoms with Gasteiger partial charge in [0.05, 0.1) is 0 Å². The Bertz CT molecular complexity index is 1270. The first-order valence-corrected chi connectivity index (χ1v) is 11.1. The summed E-state index contributed by atoms with van der Waals surface area (Å²) in [4.78, 5) is 25.0. The van der Waals surface area contributed by atoms with Crippen LogP contribution < -0.4 is 15.4 Å². The molecule has 0 radical (unpaired) electrons. The molecule has 4 aromatic carbocycles. The average Bonchev–Trinajstić information content (AvgIpc) is 2.86. The van der Waals surface area contributed by atoms with Crippen LogP contribution in [0.1, 0.15) is 22.8 Å². The standard InChI is InChI=1S/C29H26N2O3/c1-20-7-6-10-24(19-20)29(33)31-26-15-13-25(14-16-26)30-28(32)21(2)34-27-17-11-23(12-18-27)22-8-4-3-5-9-22/h3-19,21H,1-2H3,(H,30,32)(H,31,33). The Hall–Kier alpha value is -4.38. The van der Waals surface area contributed by atoms with Crippen molar-refractivity contribution in [3.05, 3.63) is 114 Å². The fourth-order valence-electron chi connectivity index (χ4n) is 3.48. The third-order valence-electron chi connectivity index (χ3n) is 5.33. The number of nitrogens with one attached hydrogen (secondary N) is 2. The van der Waals surface area contributed by atoms with Gasteiger partial charge >= 0.3 is 0 Å². The van der Waals surface area contributed by atoms with E-state index in [1.165, 1.54) is 0 Å². The summed E-state index contributed by atoms with van der Waals surface area (Å²) in [6.07, 6.45) is -0.678. The van der Waals surface area contributed by atoms with Crippen LogP contribution in [0.4, 0.5) is 11.4 Å². The topological polar surface area (TPSA) is 67.4 Å². The van der Waals surface area contributed by atoms with Gasteiger partial charge in [0, 0.05) is 16.9 Å². The lowest BCUT2D eigenvalue weighted by Crippen LogP contribution is -2.30. The van der Waals surface area contributed by atoms with Gasteiger partial charge in [0.15, 0.2) is 6.10 Å². The van der Waals surface area contributed by atoms with E-state index in [-0.39, 0.29) is 11.8 Å². The van der Waals surface area contributed by atoms with Gasteiger partial charge in [-0.25, -0.2) is 0 Å². The molecule has 0 aliphatic rings. The van der Waals surface area contributed by atoms with Crippen LogP contribution in [-0.4, -0.2) is 17.9 Å². The van der Waals surface area contributed by atoms with Gasteiger partial charge in [-0.1, -0.05) is 60.2 Å². The fourth-order valence-corrected chi connectivity index (χ4v) is 3.48. The molecule has 0 bridgehead atoms. The van der Waals surface area contributed by atoms with E-state index in [0.717, 1.165) is 16.7 Å². The molecule has 170 valence electrons. The minimum atomic E-state index is -0.678. The Kier molecular flexibility index (Phi) is 7.04. The zero-order valence-electron chi connectivity index (χ0n) is 19.1. The molecule has 5 heteroatoms. The minimum absolute atomic E-state index is 0.180. The summed E-state index contributed by atoms with van der Waals surface area (Å²) < 4.78 is 5.81. The third kappa shape index (κ3) is 5.90. The molecule has 0 saturated heterocycles. The average molecular weight is 451 g/mol. The Balaban J connectivity index is 1.31. The highest BCUT2D eigenvalue weighted by Crippen LogP contribution is 2.23. The van der Waals surface area contributed by atoms with Gasteiger partial charge in [-0.05, 0) is 73.5 Å². The van der Waals surface area contributed by atoms with Gasteiger partial charge in [0.1, 0.15) is 5.75 Å². The van der Waals surface area contributed by atoms with Gasteiger partial charge in [0.2, 0.25) is 0 Å². The van der Waals surface area contributed by atoms with Crippen LogP contribution in [0.15, 0.2) is 103 Å². The molecular formula is C29H26N2O3. The molecule has 2 N–H and O–H groups in total. The van der Waals surface area contributed by atoms with Crippen molar-refractivity contribution < 1.29 is 14.3 Å². The molecule has 4 rings (SSSR count). The van der Waals surface area contributed by atoms with Gasteiger partial charge in [-0.2, -0.15) is 0 Å². The molecule has 0 heterocycles. The van der Waals surface area contributed by atoms with Crippen LogP contribution in [-0.2, 0) is 4.79 Å². The quantitative estimate of drug-likeness (QED) is 0.346. The summed E-state index contributed by atoms with van der Waals surface area (Å²) in [5.74, 6) is 0.181. The first-order valence-electron chi connectivity index (χ1n) is 11.1. The maximum atomic E-state index is 12.6. The normalized spacial score (nSPS) is 11.4. The second-order valence-corrected chi connectivity index (χ2v) is 8.04. The fraction of sp³-hybridized carbons (Fsp3) is 0.103. The largest absolute Gasteiger partial charge is 0.481 e. The summed E-state index contributed by atoms with van der Waals surface area (Å²) in [6, 6.07) is 32.1. The minimum Gasteiger partial charge on any atom is -0.481 e. The number of aryl methyl sites for hydroxylation is 1. The monoisotopic (exact) mass is 450 g/mol. The molecule has 0 aliphatic carbocycles. The zero-order valence-corrected chi connectivity index (χ0v) is 19.1. The molecule has 0 fully saturated rings. The van der Waals surface area contributed by atoms with Crippen LogP contribution >= 0.6 is 0 Å². The van der Waals surface area contributed by atoms with Crippen molar-refractivity contribution in [1.29, 1.82) is 0 Å². The van der Waals surface area contributed by atoms with E-state index in [2.05, 4.69) is 10.6 Å². The highest BCUT2D eigenvalue weighted by Gasteiger charge is 2.15. The molecule has 0 saturated carbocycles. The maximum Gasteiger partial charge on any atom is 0.265 e. The number of carbonyl (C=O) groups excluding carboxylic acids is 2. The molecule has 0 aliphatic heterocycles. The van der Waals surface area contributed by atoms with E-state index in [4.69, 9.17) is 4.74 Å². The van der Waals surface area contributed by atoms with E-state index in [0.29, 0.717) is 22.7 Å². The van der Waals surface area contributed by atoms with Gasteiger partial charge in [0.25, 0.3) is 11.8 Å². The third-order valence-corrected chi connectivity index (χ3v) is 5.33. The van der Waals surface area contributed by atoms with Crippen molar-refractivity contribution in [3.63, 3.8) is 0 Å². The molecular weight excluding hydrogens is 424 g/mol. The molecule has 0 aromatic heterocycles. The van der Waals surface area contributed by atoms with Crippen LogP contribution in [0.5, 0.6) is 5.75 Å². The maximum absolute atomic E-state index is 12.6. The van der Waals surface area contributed by atoms with Crippen LogP contribution in [0, 0.1) is 6.92 Å². The van der Waals surface area contributed by atoms with Crippen molar-refractivity contribution in [1.82, 2.24) is 0 Å². The van der Waals surface area contributed by atoms with E-state index in [9.17, 15) is 9.59 Å². The highest BCUT2D eigenvalue weighted by atomic mass is 16.5. The van der Waals surface area contributed by atoms with Crippen LogP contribution in [0.2, 0.25) is 0 Å². The Morgan fingerprint density at radius 2 is 1.32 bits per heavy atom. The number of amides is 2. The summed E-state index contributed by atoms with van der Waals surface area (Å²) in [6.45, 7) is 3.65. The number of carbonyl (C=O) groups is 2. The number of hydrogen-bond donors (Lipinski definition) is 2. The SMILES string of the molecule is Cc1cccc(C(=O)Nc2ccc(NC(=O)C(C)Oc3ccc(-c4ccccc4)cc3)cc2)c1. The predicted octanol–water partition coefficient (Wildman–Crippen LogP) is 6.32. The second-order valence-electron chi connectivity index (χ2n) is 8.04. The van der Waals surface area contributed by atoms with Crippen LogP contribution in [0.25, 0.3) is 11.1 Å². The second kappa shape index (κ2) is 10.5. The van der Waals surface area contributed by atoms with E-state index >= 15 is 0 Å². The van der Waals surface area contributed by atoms with Crippen molar-refractivity contribution in [3.8, 4) is 16.9 Å². The Morgan fingerprint density at radius 1 is 0.706 bits per heavy atom. The number of benzene rings is 4. The molecule has 1 atom stereocenters. The van der Waals surface area contributed by atoms with Gasteiger partial charge < -0.3 is 15.4 Å². The van der Waals surface area contributed by atoms with E-state index < -0.39 is 6.10 Å². The first kappa shape index (κ1) is 22.8. The molecule has 4 aromatic rings. The number of ether oxygens (including phenoxy) is 1. The summed E-state index contributed by atoms with van der Waals surface area (Å²) in [7, 11) is 0. The van der Waals surface area contributed by atoms with Crippen molar-refractivity contribution >= 4 is 23.2 Å². The molecule has 1 unspecified atom stereocenters. The molecule has 5 nitrogen and oxygen atoms in total. The summed E-state index contributed by atoms with van der Waals surface area (Å²) in [5.41, 5.74) is 5.09. The zero-order chi connectivity index (χ0) is 23.9. The lowest BCUT2D eigenvalue weighted by molar-refractivity contribution is -0.122. The molecule has 0 spiro atoms. The van der Waals surface area contributed by atoms with E-state index in [1.54, 1.807) is 37.3 Å².